The smallest absolute Gasteiger partial charge is 0.344 e. The molecular formula is C15H20N2O4. The van der Waals surface area contributed by atoms with Gasteiger partial charge in [0, 0.05) is 17.3 Å². The summed E-state index contributed by atoms with van der Waals surface area (Å²) in [6.07, 6.45) is 3.65. The lowest BCUT2D eigenvalue weighted by Gasteiger charge is -2.32. The topological polar surface area (TPSA) is 81.5 Å². The number of hydrogen-bond acceptors (Lipinski definition) is 5. The average Bonchev–Trinajstić information content (AvgIpc) is 2.34. The minimum atomic E-state index is -0.690. The predicted octanol–water partition coefficient (Wildman–Crippen LogP) is 3.29. The molecule has 1 unspecified atom stereocenters. The summed E-state index contributed by atoms with van der Waals surface area (Å²) < 4.78 is 4.65. The van der Waals surface area contributed by atoms with Gasteiger partial charge in [0.1, 0.15) is 5.56 Å². The highest BCUT2D eigenvalue weighted by Crippen LogP contribution is 2.33. The Balaban J connectivity index is 2.32. The van der Waals surface area contributed by atoms with Crippen molar-refractivity contribution in [2.24, 2.45) is 5.92 Å². The minimum Gasteiger partial charge on any atom is -0.465 e. The van der Waals surface area contributed by atoms with Gasteiger partial charge in [-0.2, -0.15) is 0 Å². The zero-order chi connectivity index (χ0) is 15.6. The Morgan fingerprint density at radius 3 is 2.62 bits per heavy atom. The Bertz CT molecular complexity index is 567. The zero-order valence-corrected chi connectivity index (χ0v) is 12.5. The predicted molar refractivity (Wildman–Crippen MR) is 79.6 cm³/mol. The highest BCUT2D eigenvalue weighted by atomic mass is 16.6. The van der Waals surface area contributed by atoms with Crippen molar-refractivity contribution in [3.05, 3.63) is 33.4 Å². The number of nitro benzene ring substituents is 1. The van der Waals surface area contributed by atoms with Crippen molar-refractivity contribution in [2.75, 3.05) is 12.4 Å². The molecular weight excluding hydrogens is 272 g/mol. The second-order valence-corrected chi connectivity index (χ2v) is 5.56. The molecule has 0 aromatic heterocycles. The van der Waals surface area contributed by atoms with Gasteiger partial charge in [-0.25, -0.2) is 4.79 Å². The molecule has 1 fully saturated rings. The van der Waals surface area contributed by atoms with E-state index < -0.39 is 10.9 Å². The van der Waals surface area contributed by atoms with Gasteiger partial charge in [0.25, 0.3) is 5.69 Å². The lowest BCUT2D eigenvalue weighted by atomic mass is 9.80. The first-order valence-corrected chi connectivity index (χ1v) is 7.08. The normalized spacial score (nSPS) is 16.0. The Labute approximate surface area is 123 Å². The van der Waals surface area contributed by atoms with Crippen molar-refractivity contribution >= 4 is 17.3 Å². The fourth-order valence-corrected chi connectivity index (χ4v) is 2.69. The molecule has 1 aromatic rings. The van der Waals surface area contributed by atoms with E-state index in [-0.39, 0.29) is 17.3 Å². The molecule has 0 aliphatic heterocycles. The van der Waals surface area contributed by atoms with Crippen molar-refractivity contribution < 1.29 is 14.5 Å². The molecule has 1 aliphatic rings. The molecule has 1 atom stereocenters. The standard InChI is InChI=1S/C15H20N2O4/c1-9-7-12(16-10(2)11-5-4-6-11)8-13(15(18)21-3)14(9)17(19)20/h7-8,10-11,16H,4-6H2,1-3H3. The number of aryl methyl sites for hydroxylation is 1. The number of esters is 1. The molecule has 1 aliphatic carbocycles. The third kappa shape index (κ3) is 3.15. The number of carbonyl (C=O) groups is 1. The van der Waals surface area contributed by atoms with E-state index in [4.69, 9.17) is 0 Å². The van der Waals surface area contributed by atoms with Crippen LogP contribution in [-0.4, -0.2) is 24.0 Å². The van der Waals surface area contributed by atoms with Crippen LogP contribution in [0.4, 0.5) is 11.4 Å². The molecule has 6 heteroatoms. The van der Waals surface area contributed by atoms with Gasteiger partial charge >= 0.3 is 5.97 Å². The molecule has 2 rings (SSSR count). The zero-order valence-electron chi connectivity index (χ0n) is 12.5. The van der Waals surface area contributed by atoms with Crippen molar-refractivity contribution in [3.8, 4) is 0 Å². The summed E-state index contributed by atoms with van der Waals surface area (Å²) in [7, 11) is 1.22. The third-order valence-corrected chi connectivity index (χ3v) is 4.14. The summed E-state index contributed by atoms with van der Waals surface area (Å²) in [4.78, 5) is 22.4. The van der Waals surface area contributed by atoms with Gasteiger partial charge in [0.2, 0.25) is 0 Å². The molecule has 1 aromatic carbocycles. The average molecular weight is 292 g/mol. The molecule has 0 radical (unpaired) electrons. The number of ether oxygens (including phenoxy) is 1. The summed E-state index contributed by atoms with van der Waals surface area (Å²) in [5.41, 5.74) is 0.971. The lowest BCUT2D eigenvalue weighted by molar-refractivity contribution is -0.385. The van der Waals surface area contributed by atoms with Crippen LogP contribution in [0, 0.1) is 23.0 Å². The molecule has 0 heterocycles. The Morgan fingerprint density at radius 2 is 2.14 bits per heavy atom. The summed E-state index contributed by atoms with van der Waals surface area (Å²) in [6, 6.07) is 3.50. The van der Waals surface area contributed by atoms with Gasteiger partial charge in [-0.1, -0.05) is 6.42 Å². The molecule has 114 valence electrons. The maximum Gasteiger partial charge on any atom is 0.344 e. The molecule has 0 saturated heterocycles. The second-order valence-electron chi connectivity index (χ2n) is 5.56. The van der Waals surface area contributed by atoms with Gasteiger partial charge in [-0.3, -0.25) is 10.1 Å². The number of carbonyl (C=O) groups excluding carboxylic acids is 1. The summed E-state index contributed by atoms with van der Waals surface area (Å²) in [6.45, 7) is 3.72. The van der Waals surface area contributed by atoms with E-state index in [1.165, 1.54) is 32.4 Å². The first-order valence-electron chi connectivity index (χ1n) is 7.08. The highest BCUT2D eigenvalue weighted by molar-refractivity contribution is 5.95. The molecule has 6 nitrogen and oxygen atoms in total. The molecule has 0 amide bonds. The van der Waals surface area contributed by atoms with Crippen molar-refractivity contribution in [3.63, 3.8) is 0 Å². The first kappa shape index (κ1) is 15.3. The minimum absolute atomic E-state index is 0.00851. The van der Waals surface area contributed by atoms with Crippen LogP contribution < -0.4 is 5.32 Å². The van der Waals surface area contributed by atoms with Crippen LogP contribution in [0.5, 0.6) is 0 Å². The van der Waals surface area contributed by atoms with E-state index in [0.29, 0.717) is 11.5 Å². The highest BCUT2D eigenvalue weighted by Gasteiger charge is 2.27. The number of anilines is 1. The van der Waals surface area contributed by atoms with Crippen molar-refractivity contribution in [2.45, 2.75) is 39.2 Å². The van der Waals surface area contributed by atoms with Gasteiger partial charge in [-0.05, 0) is 44.7 Å². The van der Waals surface area contributed by atoms with Gasteiger partial charge in [0.05, 0.1) is 12.0 Å². The monoisotopic (exact) mass is 292 g/mol. The maximum atomic E-state index is 11.8. The van der Waals surface area contributed by atoms with Crippen LogP contribution in [0.2, 0.25) is 0 Å². The summed E-state index contributed by atoms with van der Waals surface area (Å²) >= 11 is 0. The Hall–Kier alpha value is -2.11. The molecule has 1 saturated carbocycles. The van der Waals surface area contributed by atoms with Gasteiger partial charge in [0.15, 0.2) is 0 Å². The summed E-state index contributed by atoms with van der Waals surface area (Å²) in [5.74, 6) is -0.0631. The Kier molecular flexibility index (Phi) is 4.45. The SMILES string of the molecule is COC(=O)c1cc(NC(C)C2CCC2)cc(C)c1[N+](=O)[O-]. The maximum absolute atomic E-state index is 11.8. The number of hydrogen-bond donors (Lipinski definition) is 1. The van der Waals surface area contributed by atoms with Crippen molar-refractivity contribution in [1.29, 1.82) is 0 Å². The van der Waals surface area contributed by atoms with Crippen LogP contribution in [0.1, 0.15) is 42.1 Å². The second kappa shape index (κ2) is 6.11. The number of benzene rings is 1. The van der Waals surface area contributed by atoms with Crippen LogP contribution in [0.25, 0.3) is 0 Å². The van der Waals surface area contributed by atoms with E-state index in [1.807, 2.05) is 0 Å². The number of methoxy groups -OCH3 is 1. The van der Waals surface area contributed by atoms with Gasteiger partial charge < -0.3 is 10.1 Å². The Morgan fingerprint density at radius 1 is 1.48 bits per heavy atom. The van der Waals surface area contributed by atoms with Crippen LogP contribution >= 0.6 is 0 Å². The molecule has 0 bridgehead atoms. The van der Waals surface area contributed by atoms with E-state index in [1.54, 1.807) is 13.0 Å². The number of nitrogens with one attached hydrogen (secondary N) is 1. The number of rotatable bonds is 5. The van der Waals surface area contributed by atoms with E-state index >= 15 is 0 Å². The quantitative estimate of drug-likeness (QED) is 0.511. The fourth-order valence-electron chi connectivity index (χ4n) is 2.69. The summed E-state index contributed by atoms with van der Waals surface area (Å²) in [5, 5.41) is 14.5. The van der Waals surface area contributed by atoms with E-state index in [0.717, 1.165) is 5.69 Å². The third-order valence-electron chi connectivity index (χ3n) is 4.14. The van der Waals surface area contributed by atoms with Crippen LogP contribution in [0.3, 0.4) is 0 Å². The molecule has 1 N–H and O–H groups in total. The van der Waals surface area contributed by atoms with E-state index in [2.05, 4.69) is 17.0 Å². The van der Waals surface area contributed by atoms with Crippen molar-refractivity contribution in [1.82, 2.24) is 0 Å². The van der Waals surface area contributed by atoms with E-state index in [9.17, 15) is 14.9 Å². The van der Waals surface area contributed by atoms with Gasteiger partial charge in [-0.15, -0.1) is 0 Å². The molecule has 0 spiro atoms. The van der Waals surface area contributed by atoms with Crippen LogP contribution in [0.15, 0.2) is 12.1 Å². The fraction of sp³-hybridized carbons (Fsp3) is 0.533. The molecule has 21 heavy (non-hydrogen) atoms. The lowest BCUT2D eigenvalue weighted by Crippen LogP contribution is -2.30. The number of nitro groups is 1. The number of nitrogens with zero attached hydrogens (tertiary/aromatic N) is 1. The van der Waals surface area contributed by atoms with Crippen LogP contribution in [-0.2, 0) is 4.74 Å². The largest absolute Gasteiger partial charge is 0.465 e. The first-order chi connectivity index (χ1) is 9.93.